The number of hydrogen-bond acceptors (Lipinski definition) is 4. The van der Waals surface area contributed by atoms with Crippen LogP contribution in [0.3, 0.4) is 0 Å². The predicted molar refractivity (Wildman–Crippen MR) is 112 cm³/mol. The number of rotatable bonds is 7. The summed E-state index contributed by atoms with van der Waals surface area (Å²) in [5.74, 6) is 0.953. The summed E-state index contributed by atoms with van der Waals surface area (Å²) in [6.45, 7) is 4.25. The Labute approximate surface area is 168 Å². The lowest BCUT2D eigenvalue weighted by atomic mass is 9.93. The van der Waals surface area contributed by atoms with Gasteiger partial charge in [0.15, 0.2) is 0 Å². The number of nitrogens with zero attached hydrogens (tertiary/aromatic N) is 2. The molecule has 1 aromatic rings. The van der Waals surface area contributed by atoms with Gasteiger partial charge in [0, 0.05) is 24.3 Å². The first-order valence-electron chi connectivity index (χ1n) is 9.73. The Hall–Kier alpha value is -1.63. The zero-order valence-corrected chi connectivity index (χ0v) is 16.9. The van der Waals surface area contributed by atoms with Gasteiger partial charge in [-0.1, -0.05) is 6.07 Å². The first-order valence-corrected chi connectivity index (χ1v) is 9.73. The largest absolute Gasteiger partial charge is 0.325 e. The molecule has 2 N–H and O–H groups in total. The van der Waals surface area contributed by atoms with E-state index in [9.17, 15) is 9.59 Å². The third kappa shape index (κ3) is 6.19. The second-order valence-corrected chi connectivity index (χ2v) is 7.36. The first kappa shape index (κ1) is 21.7. The molecule has 6 nitrogen and oxygen atoms in total. The SMILES string of the molecule is CNCCC1CCN(CC(=O)Nc2cccc(N3CCCC3=O)c2)CC1.Cl. The molecule has 27 heavy (non-hydrogen) atoms. The Kier molecular flexibility index (Phi) is 8.54. The van der Waals surface area contributed by atoms with Crippen molar-refractivity contribution < 1.29 is 9.59 Å². The summed E-state index contributed by atoms with van der Waals surface area (Å²) in [5, 5.41) is 6.20. The number of piperidine rings is 1. The summed E-state index contributed by atoms with van der Waals surface area (Å²) in [6, 6.07) is 7.59. The summed E-state index contributed by atoms with van der Waals surface area (Å²) >= 11 is 0. The molecular formula is C20H31ClN4O2. The van der Waals surface area contributed by atoms with E-state index in [1.807, 2.05) is 31.3 Å². The molecule has 2 amide bonds. The van der Waals surface area contributed by atoms with Crippen molar-refractivity contribution in [3.05, 3.63) is 24.3 Å². The summed E-state index contributed by atoms with van der Waals surface area (Å²) in [4.78, 5) is 28.3. The molecule has 0 unspecified atom stereocenters. The molecule has 3 rings (SSSR count). The Morgan fingerprint density at radius 3 is 2.67 bits per heavy atom. The highest BCUT2D eigenvalue weighted by Crippen LogP contribution is 2.24. The molecule has 2 aliphatic rings. The lowest BCUT2D eigenvalue weighted by Gasteiger charge is -2.31. The van der Waals surface area contributed by atoms with Crippen LogP contribution in [0.5, 0.6) is 0 Å². The number of benzene rings is 1. The van der Waals surface area contributed by atoms with Gasteiger partial charge in [-0.3, -0.25) is 14.5 Å². The van der Waals surface area contributed by atoms with E-state index in [0.29, 0.717) is 13.0 Å². The van der Waals surface area contributed by atoms with Gasteiger partial charge in [0.2, 0.25) is 11.8 Å². The highest BCUT2D eigenvalue weighted by atomic mass is 35.5. The van der Waals surface area contributed by atoms with Crippen LogP contribution in [0.15, 0.2) is 24.3 Å². The maximum absolute atomic E-state index is 12.4. The Bertz CT molecular complexity index is 632. The number of halogens is 1. The van der Waals surface area contributed by atoms with Gasteiger partial charge in [-0.15, -0.1) is 12.4 Å². The third-order valence-electron chi connectivity index (χ3n) is 5.39. The van der Waals surface area contributed by atoms with Crippen LogP contribution in [-0.4, -0.2) is 56.5 Å². The van der Waals surface area contributed by atoms with Gasteiger partial charge in [-0.25, -0.2) is 0 Å². The Morgan fingerprint density at radius 2 is 2.00 bits per heavy atom. The number of anilines is 2. The average molecular weight is 395 g/mol. The predicted octanol–water partition coefficient (Wildman–Crippen LogP) is 2.50. The number of carbonyl (C=O) groups is 2. The van der Waals surface area contributed by atoms with E-state index in [4.69, 9.17) is 0 Å². The molecule has 2 aliphatic heterocycles. The summed E-state index contributed by atoms with van der Waals surface area (Å²) in [7, 11) is 1.99. The van der Waals surface area contributed by atoms with E-state index in [-0.39, 0.29) is 24.2 Å². The molecule has 0 radical (unpaired) electrons. The highest BCUT2D eigenvalue weighted by molar-refractivity contribution is 5.97. The van der Waals surface area contributed by atoms with Gasteiger partial charge < -0.3 is 15.5 Å². The van der Waals surface area contributed by atoms with E-state index >= 15 is 0 Å². The van der Waals surface area contributed by atoms with Crippen molar-refractivity contribution in [2.24, 2.45) is 5.92 Å². The van der Waals surface area contributed by atoms with Crippen LogP contribution in [0.4, 0.5) is 11.4 Å². The van der Waals surface area contributed by atoms with E-state index in [1.54, 1.807) is 4.90 Å². The Balaban J connectivity index is 0.00000261. The fourth-order valence-electron chi connectivity index (χ4n) is 3.86. The second kappa shape index (κ2) is 10.6. The second-order valence-electron chi connectivity index (χ2n) is 7.36. The van der Waals surface area contributed by atoms with Crippen molar-refractivity contribution in [2.75, 3.05) is 50.0 Å². The number of nitrogens with one attached hydrogen (secondary N) is 2. The minimum atomic E-state index is 0. The smallest absolute Gasteiger partial charge is 0.238 e. The van der Waals surface area contributed by atoms with Crippen LogP contribution >= 0.6 is 12.4 Å². The van der Waals surface area contributed by atoms with Crippen molar-refractivity contribution in [1.82, 2.24) is 10.2 Å². The maximum atomic E-state index is 12.4. The molecule has 0 aliphatic carbocycles. The van der Waals surface area contributed by atoms with E-state index in [2.05, 4.69) is 15.5 Å². The van der Waals surface area contributed by atoms with Crippen LogP contribution in [0.2, 0.25) is 0 Å². The molecule has 2 saturated heterocycles. The lowest BCUT2D eigenvalue weighted by molar-refractivity contribution is -0.118. The van der Waals surface area contributed by atoms with Crippen LogP contribution in [-0.2, 0) is 9.59 Å². The zero-order chi connectivity index (χ0) is 18.4. The number of amides is 2. The molecule has 2 fully saturated rings. The van der Waals surface area contributed by atoms with Crippen molar-refractivity contribution >= 4 is 35.6 Å². The van der Waals surface area contributed by atoms with Crippen molar-refractivity contribution in [2.45, 2.75) is 32.1 Å². The average Bonchev–Trinajstić information content (AvgIpc) is 3.07. The molecule has 0 spiro atoms. The van der Waals surface area contributed by atoms with Gasteiger partial charge in [-0.05, 0) is 76.5 Å². The van der Waals surface area contributed by atoms with E-state index in [0.717, 1.165) is 49.9 Å². The summed E-state index contributed by atoms with van der Waals surface area (Å²) in [5.41, 5.74) is 1.63. The topological polar surface area (TPSA) is 64.7 Å². The van der Waals surface area contributed by atoms with Gasteiger partial charge in [0.25, 0.3) is 0 Å². The fourth-order valence-corrected chi connectivity index (χ4v) is 3.86. The molecule has 2 heterocycles. The van der Waals surface area contributed by atoms with Gasteiger partial charge >= 0.3 is 0 Å². The molecule has 150 valence electrons. The standard InChI is InChI=1S/C20H30N4O2.ClH/c1-21-10-7-16-8-12-23(13-9-16)15-19(25)22-17-4-2-5-18(14-17)24-11-3-6-20(24)26;/h2,4-5,14,16,21H,3,6-13,15H2,1H3,(H,22,25);1H. The fraction of sp³-hybridized carbons (Fsp3) is 0.600. The molecule has 1 aromatic carbocycles. The van der Waals surface area contributed by atoms with Gasteiger partial charge in [0.05, 0.1) is 6.54 Å². The monoisotopic (exact) mass is 394 g/mol. The highest BCUT2D eigenvalue weighted by Gasteiger charge is 2.23. The summed E-state index contributed by atoms with van der Waals surface area (Å²) in [6.07, 6.45) is 5.07. The van der Waals surface area contributed by atoms with Gasteiger partial charge in [0.1, 0.15) is 0 Å². The van der Waals surface area contributed by atoms with Crippen LogP contribution in [0, 0.1) is 5.92 Å². The number of hydrogen-bond donors (Lipinski definition) is 2. The molecule has 7 heteroatoms. The minimum absolute atomic E-state index is 0. The van der Waals surface area contributed by atoms with E-state index in [1.165, 1.54) is 19.3 Å². The number of likely N-dealkylation sites (tertiary alicyclic amines) is 1. The van der Waals surface area contributed by atoms with Crippen molar-refractivity contribution in [3.8, 4) is 0 Å². The van der Waals surface area contributed by atoms with Crippen LogP contribution in [0.1, 0.15) is 32.1 Å². The lowest BCUT2D eigenvalue weighted by Crippen LogP contribution is -2.39. The summed E-state index contributed by atoms with van der Waals surface area (Å²) < 4.78 is 0. The molecule has 0 bridgehead atoms. The normalized spacial score (nSPS) is 18.4. The first-order chi connectivity index (χ1) is 12.7. The van der Waals surface area contributed by atoms with Crippen molar-refractivity contribution in [1.29, 1.82) is 0 Å². The third-order valence-corrected chi connectivity index (χ3v) is 5.39. The van der Waals surface area contributed by atoms with E-state index < -0.39 is 0 Å². The van der Waals surface area contributed by atoms with Crippen LogP contribution in [0.25, 0.3) is 0 Å². The zero-order valence-electron chi connectivity index (χ0n) is 16.1. The minimum Gasteiger partial charge on any atom is -0.325 e. The quantitative estimate of drug-likeness (QED) is 0.745. The van der Waals surface area contributed by atoms with Crippen molar-refractivity contribution in [3.63, 3.8) is 0 Å². The Morgan fingerprint density at radius 1 is 1.22 bits per heavy atom. The molecule has 0 aromatic heterocycles. The molecule has 0 atom stereocenters. The number of carbonyl (C=O) groups excluding carboxylic acids is 2. The van der Waals surface area contributed by atoms with Gasteiger partial charge in [-0.2, -0.15) is 0 Å². The van der Waals surface area contributed by atoms with Crippen LogP contribution < -0.4 is 15.5 Å². The maximum Gasteiger partial charge on any atom is 0.238 e. The molecular weight excluding hydrogens is 364 g/mol. The molecule has 0 saturated carbocycles.